The Hall–Kier alpha value is -1.90. The van der Waals surface area contributed by atoms with Gasteiger partial charge in [0, 0.05) is 24.8 Å². The van der Waals surface area contributed by atoms with Crippen LogP contribution in [0.4, 0.5) is 0 Å². The maximum atomic E-state index is 5.55. The highest BCUT2D eigenvalue weighted by molar-refractivity contribution is 5.16. The predicted octanol–water partition coefficient (Wildman–Crippen LogP) is 3.08. The van der Waals surface area contributed by atoms with Gasteiger partial charge >= 0.3 is 0 Å². The summed E-state index contributed by atoms with van der Waals surface area (Å²) in [5.41, 5.74) is 1.34. The highest BCUT2D eigenvalue weighted by atomic mass is 16.5. The number of ether oxygens (including phenoxy) is 1. The molecule has 93 valence electrons. The van der Waals surface area contributed by atoms with E-state index in [-0.39, 0.29) is 0 Å². The fraction of sp³-hybridized carbons (Fsp3) is 0.267. The minimum absolute atomic E-state index is 0.653. The summed E-state index contributed by atoms with van der Waals surface area (Å²) in [6.07, 6.45) is 12.6. The van der Waals surface area contributed by atoms with Crippen LogP contribution in [0.3, 0.4) is 0 Å². The minimum atomic E-state index is 0.653. The molecule has 0 aliphatic heterocycles. The highest BCUT2D eigenvalue weighted by Gasteiger charge is 1.95. The van der Waals surface area contributed by atoms with Gasteiger partial charge in [-0.25, -0.2) is 0 Å². The summed E-state index contributed by atoms with van der Waals surface area (Å²) < 4.78 is 5.55. The van der Waals surface area contributed by atoms with Crippen molar-refractivity contribution in [2.75, 3.05) is 6.61 Å². The number of rotatable bonds is 7. The van der Waals surface area contributed by atoms with E-state index in [1.165, 1.54) is 5.56 Å². The van der Waals surface area contributed by atoms with E-state index in [0.29, 0.717) is 6.61 Å². The smallest absolute Gasteiger partial charge is 0.122 e. The molecule has 2 rings (SSSR count). The fourth-order valence-corrected chi connectivity index (χ4v) is 1.67. The van der Waals surface area contributed by atoms with E-state index in [1.807, 2.05) is 24.5 Å². The van der Waals surface area contributed by atoms with Crippen molar-refractivity contribution in [1.82, 2.24) is 9.97 Å². The lowest BCUT2D eigenvalue weighted by molar-refractivity contribution is 0.343. The van der Waals surface area contributed by atoms with Gasteiger partial charge in [0.15, 0.2) is 0 Å². The SMILES string of the molecule is [CH](CCCc1ccncc1)COc1ccncc1. The van der Waals surface area contributed by atoms with Gasteiger partial charge in [-0.1, -0.05) is 0 Å². The lowest BCUT2D eigenvalue weighted by Crippen LogP contribution is -1.98. The molecular weight excluding hydrogens is 224 g/mol. The Balaban J connectivity index is 1.54. The first kappa shape index (κ1) is 12.6. The number of nitrogens with zero attached hydrogens (tertiary/aromatic N) is 2. The van der Waals surface area contributed by atoms with Gasteiger partial charge in [0.25, 0.3) is 0 Å². The number of aromatic nitrogens is 2. The van der Waals surface area contributed by atoms with E-state index in [4.69, 9.17) is 4.74 Å². The van der Waals surface area contributed by atoms with Gasteiger partial charge in [-0.3, -0.25) is 9.97 Å². The molecule has 0 aliphatic carbocycles. The summed E-state index contributed by atoms with van der Waals surface area (Å²) in [5.74, 6) is 0.871. The van der Waals surface area contributed by atoms with E-state index in [1.54, 1.807) is 12.4 Å². The van der Waals surface area contributed by atoms with Crippen LogP contribution in [0.1, 0.15) is 18.4 Å². The number of hydrogen-bond donors (Lipinski definition) is 0. The number of unbranched alkanes of at least 4 members (excludes halogenated alkanes) is 2. The maximum Gasteiger partial charge on any atom is 0.122 e. The third-order valence-electron chi connectivity index (χ3n) is 2.64. The van der Waals surface area contributed by atoms with Gasteiger partial charge in [0.05, 0.1) is 6.61 Å². The molecule has 2 heterocycles. The first-order valence-electron chi connectivity index (χ1n) is 6.18. The normalized spacial score (nSPS) is 10.2. The Labute approximate surface area is 108 Å². The Kier molecular flexibility index (Phi) is 5.18. The lowest BCUT2D eigenvalue weighted by atomic mass is 10.1. The van der Waals surface area contributed by atoms with Crippen molar-refractivity contribution in [3.05, 3.63) is 61.0 Å². The van der Waals surface area contributed by atoms with Gasteiger partial charge in [0.2, 0.25) is 0 Å². The zero-order valence-corrected chi connectivity index (χ0v) is 10.3. The number of aryl methyl sites for hydroxylation is 1. The summed E-state index contributed by atoms with van der Waals surface area (Å²) in [5, 5.41) is 0. The first-order valence-corrected chi connectivity index (χ1v) is 6.18. The highest BCUT2D eigenvalue weighted by Crippen LogP contribution is 2.08. The molecule has 2 aromatic rings. The van der Waals surface area contributed by atoms with E-state index >= 15 is 0 Å². The Bertz CT molecular complexity index is 387. The van der Waals surface area contributed by atoms with Gasteiger partial charge < -0.3 is 4.74 Å². The second-order valence-corrected chi connectivity index (χ2v) is 4.03. The quantitative estimate of drug-likeness (QED) is 0.699. The first-order chi connectivity index (χ1) is 8.95. The molecule has 0 saturated carbocycles. The summed E-state index contributed by atoms with van der Waals surface area (Å²) in [6, 6.07) is 7.86. The van der Waals surface area contributed by atoms with E-state index < -0.39 is 0 Å². The largest absolute Gasteiger partial charge is 0.493 e. The summed E-state index contributed by atoms with van der Waals surface area (Å²) in [6.45, 7) is 0.653. The molecule has 0 aliphatic rings. The molecule has 0 saturated heterocycles. The second-order valence-electron chi connectivity index (χ2n) is 4.03. The summed E-state index contributed by atoms with van der Waals surface area (Å²) in [7, 11) is 0. The van der Waals surface area contributed by atoms with Crippen molar-refractivity contribution in [2.45, 2.75) is 19.3 Å². The Morgan fingerprint density at radius 1 is 0.944 bits per heavy atom. The molecule has 0 N–H and O–H groups in total. The average Bonchev–Trinajstić information content (AvgIpc) is 2.45. The van der Waals surface area contributed by atoms with Crippen LogP contribution in [0.25, 0.3) is 0 Å². The molecular formula is C15H17N2O. The molecule has 18 heavy (non-hydrogen) atoms. The molecule has 3 heteroatoms. The molecule has 0 fully saturated rings. The predicted molar refractivity (Wildman–Crippen MR) is 71.2 cm³/mol. The van der Waals surface area contributed by atoms with Crippen LogP contribution < -0.4 is 4.74 Å². The molecule has 0 aromatic carbocycles. The van der Waals surface area contributed by atoms with Crippen LogP contribution in [0.15, 0.2) is 49.1 Å². The van der Waals surface area contributed by atoms with Crippen molar-refractivity contribution in [2.24, 2.45) is 0 Å². The van der Waals surface area contributed by atoms with Gasteiger partial charge in [-0.15, -0.1) is 0 Å². The maximum absolute atomic E-state index is 5.55. The third kappa shape index (κ3) is 4.53. The number of pyridine rings is 2. The summed E-state index contributed by atoms with van der Waals surface area (Å²) in [4.78, 5) is 7.95. The van der Waals surface area contributed by atoms with Crippen LogP contribution in [0, 0.1) is 6.42 Å². The zero-order chi connectivity index (χ0) is 12.5. The fourth-order valence-electron chi connectivity index (χ4n) is 1.67. The second kappa shape index (κ2) is 7.43. The Morgan fingerprint density at radius 2 is 1.61 bits per heavy atom. The molecule has 3 nitrogen and oxygen atoms in total. The monoisotopic (exact) mass is 241 g/mol. The minimum Gasteiger partial charge on any atom is -0.493 e. The lowest BCUT2D eigenvalue weighted by Gasteiger charge is -2.05. The van der Waals surface area contributed by atoms with Crippen LogP contribution in [0.2, 0.25) is 0 Å². The van der Waals surface area contributed by atoms with Crippen LogP contribution in [-0.2, 0) is 6.42 Å². The van der Waals surface area contributed by atoms with Crippen molar-refractivity contribution in [1.29, 1.82) is 0 Å². The third-order valence-corrected chi connectivity index (χ3v) is 2.64. The summed E-state index contributed by atoms with van der Waals surface area (Å²) >= 11 is 0. The van der Waals surface area contributed by atoms with Crippen molar-refractivity contribution in [3.8, 4) is 5.75 Å². The molecule has 2 aromatic heterocycles. The Morgan fingerprint density at radius 3 is 2.33 bits per heavy atom. The number of hydrogen-bond acceptors (Lipinski definition) is 3. The van der Waals surface area contributed by atoms with Gasteiger partial charge in [0.1, 0.15) is 5.75 Å². The van der Waals surface area contributed by atoms with Crippen molar-refractivity contribution >= 4 is 0 Å². The molecule has 0 amide bonds. The van der Waals surface area contributed by atoms with E-state index in [9.17, 15) is 0 Å². The van der Waals surface area contributed by atoms with Crippen LogP contribution in [-0.4, -0.2) is 16.6 Å². The molecule has 1 radical (unpaired) electrons. The van der Waals surface area contributed by atoms with E-state index in [0.717, 1.165) is 25.0 Å². The molecule has 0 spiro atoms. The molecule has 0 atom stereocenters. The zero-order valence-electron chi connectivity index (χ0n) is 10.3. The van der Waals surface area contributed by atoms with E-state index in [2.05, 4.69) is 28.5 Å². The molecule has 0 bridgehead atoms. The molecule has 0 unspecified atom stereocenters. The van der Waals surface area contributed by atoms with Crippen LogP contribution in [0.5, 0.6) is 5.75 Å². The van der Waals surface area contributed by atoms with Gasteiger partial charge in [-0.05, 0) is 55.5 Å². The standard InChI is InChI=1S/C15H17N2O/c1(2-4-14-5-9-16-10-6-14)3-13-18-15-7-11-17-12-8-15/h3,5-12H,1-2,4,13H2. The average molecular weight is 241 g/mol. The van der Waals surface area contributed by atoms with Crippen LogP contribution >= 0.6 is 0 Å². The van der Waals surface area contributed by atoms with Crippen molar-refractivity contribution in [3.63, 3.8) is 0 Å². The topological polar surface area (TPSA) is 35.0 Å². The van der Waals surface area contributed by atoms with Crippen molar-refractivity contribution < 1.29 is 4.74 Å². The van der Waals surface area contributed by atoms with Gasteiger partial charge in [-0.2, -0.15) is 0 Å².